The van der Waals surface area contributed by atoms with Crippen LogP contribution >= 0.6 is 0 Å². The van der Waals surface area contributed by atoms with Crippen LogP contribution in [0.15, 0.2) is 42.5 Å². The summed E-state index contributed by atoms with van der Waals surface area (Å²) in [5.74, 6) is -0.752. The molecule has 2 aromatic rings. The zero-order valence-electron chi connectivity index (χ0n) is 13.2. The van der Waals surface area contributed by atoms with Gasteiger partial charge in [0.25, 0.3) is 0 Å². The highest BCUT2D eigenvalue weighted by molar-refractivity contribution is 5.46. The lowest BCUT2D eigenvalue weighted by Crippen LogP contribution is -2.18. The molecule has 1 atom stereocenters. The molecule has 4 nitrogen and oxygen atoms in total. The van der Waals surface area contributed by atoms with Crippen LogP contribution in [0.5, 0.6) is 17.2 Å². The van der Waals surface area contributed by atoms with E-state index in [4.69, 9.17) is 10.5 Å². The van der Waals surface area contributed by atoms with E-state index in [1.165, 1.54) is 25.3 Å². The lowest BCUT2D eigenvalue weighted by atomic mass is 9.98. The van der Waals surface area contributed by atoms with Gasteiger partial charge in [-0.05, 0) is 35.9 Å². The Kier molecular flexibility index (Phi) is 5.55. The summed E-state index contributed by atoms with van der Waals surface area (Å²) in [5, 5.41) is 0. The van der Waals surface area contributed by atoms with Crippen molar-refractivity contribution in [1.82, 2.24) is 0 Å². The molecule has 0 saturated heterocycles. The normalized spacial score (nSPS) is 13.2. The van der Waals surface area contributed by atoms with Crippen molar-refractivity contribution in [3.8, 4) is 17.2 Å². The maximum Gasteiger partial charge on any atom is 0.573 e. The number of hydrogen-bond acceptors (Lipinski definition) is 4. The molecule has 10 heteroatoms. The standard InChI is InChI=1S/C16H13F6NO3/c1-24-13-7-6-11(26-16(20,21)22)8-12(13)14(23)9-2-4-10(5-3-9)25-15(17,18)19/h2-8,14H,23H2,1H3/t14-/m0/s1. The lowest BCUT2D eigenvalue weighted by Gasteiger charge is -2.18. The van der Waals surface area contributed by atoms with Crippen molar-refractivity contribution < 1.29 is 40.6 Å². The van der Waals surface area contributed by atoms with Gasteiger partial charge in [-0.3, -0.25) is 0 Å². The molecule has 0 fully saturated rings. The first-order chi connectivity index (χ1) is 12.0. The Balaban J connectivity index is 2.29. The zero-order chi connectivity index (χ0) is 19.5. The molecule has 26 heavy (non-hydrogen) atoms. The van der Waals surface area contributed by atoms with Gasteiger partial charge in [-0.2, -0.15) is 0 Å². The fraction of sp³-hybridized carbons (Fsp3) is 0.250. The topological polar surface area (TPSA) is 53.7 Å². The van der Waals surface area contributed by atoms with Gasteiger partial charge in [-0.25, -0.2) is 0 Å². The van der Waals surface area contributed by atoms with Crippen LogP contribution in [0.1, 0.15) is 17.2 Å². The molecule has 2 N–H and O–H groups in total. The molecule has 0 aliphatic heterocycles. The molecule has 0 bridgehead atoms. The molecular formula is C16H13F6NO3. The van der Waals surface area contributed by atoms with Gasteiger partial charge in [0, 0.05) is 5.56 Å². The predicted octanol–water partition coefficient (Wildman–Crippen LogP) is 4.54. The van der Waals surface area contributed by atoms with Gasteiger partial charge in [0.05, 0.1) is 13.2 Å². The number of methoxy groups -OCH3 is 1. The van der Waals surface area contributed by atoms with Crippen molar-refractivity contribution in [1.29, 1.82) is 0 Å². The maximum atomic E-state index is 12.4. The second-order valence-electron chi connectivity index (χ2n) is 5.05. The second kappa shape index (κ2) is 7.32. The number of halogens is 6. The van der Waals surface area contributed by atoms with Crippen LogP contribution in [0.4, 0.5) is 26.3 Å². The Hall–Kier alpha value is -2.62. The monoisotopic (exact) mass is 381 g/mol. The van der Waals surface area contributed by atoms with E-state index in [1.54, 1.807) is 0 Å². The van der Waals surface area contributed by atoms with Crippen LogP contribution in [0.2, 0.25) is 0 Å². The molecule has 2 aromatic carbocycles. The Morgan fingerprint density at radius 2 is 1.31 bits per heavy atom. The molecule has 0 spiro atoms. The van der Waals surface area contributed by atoms with E-state index in [1.807, 2.05) is 0 Å². The zero-order valence-corrected chi connectivity index (χ0v) is 13.2. The van der Waals surface area contributed by atoms with Gasteiger partial charge < -0.3 is 19.9 Å². The van der Waals surface area contributed by atoms with Crippen molar-refractivity contribution >= 4 is 0 Å². The van der Waals surface area contributed by atoms with E-state index in [0.717, 1.165) is 24.3 Å². The van der Waals surface area contributed by atoms with Crippen LogP contribution in [-0.2, 0) is 0 Å². The minimum Gasteiger partial charge on any atom is -0.496 e. The van der Waals surface area contributed by atoms with Gasteiger partial charge in [0.1, 0.15) is 17.2 Å². The molecule has 0 radical (unpaired) electrons. The summed E-state index contributed by atoms with van der Waals surface area (Å²) in [6, 6.07) is 7.01. The fourth-order valence-electron chi connectivity index (χ4n) is 2.21. The highest BCUT2D eigenvalue weighted by Gasteiger charge is 2.32. The minimum atomic E-state index is -4.88. The largest absolute Gasteiger partial charge is 0.573 e. The lowest BCUT2D eigenvalue weighted by molar-refractivity contribution is -0.275. The van der Waals surface area contributed by atoms with E-state index in [9.17, 15) is 26.3 Å². The quantitative estimate of drug-likeness (QED) is 0.773. The van der Waals surface area contributed by atoms with Gasteiger partial charge in [-0.15, -0.1) is 26.3 Å². The second-order valence-corrected chi connectivity index (χ2v) is 5.05. The molecule has 0 amide bonds. The summed E-state index contributed by atoms with van der Waals surface area (Å²) in [6.45, 7) is 0. The number of hydrogen-bond donors (Lipinski definition) is 1. The number of benzene rings is 2. The molecule has 2 rings (SSSR count). The summed E-state index contributed by atoms with van der Waals surface area (Å²) >= 11 is 0. The Bertz CT molecular complexity index is 743. The maximum absolute atomic E-state index is 12.4. The van der Waals surface area contributed by atoms with Crippen LogP contribution in [0.25, 0.3) is 0 Å². The average molecular weight is 381 g/mol. The van der Waals surface area contributed by atoms with Crippen LogP contribution in [0.3, 0.4) is 0 Å². The summed E-state index contributed by atoms with van der Waals surface area (Å²) in [5.41, 5.74) is 6.52. The number of rotatable bonds is 5. The first-order valence-corrected chi connectivity index (χ1v) is 7.03. The minimum absolute atomic E-state index is 0.165. The Morgan fingerprint density at radius 3 is 1.81 bits per heavy atom. The average Bonchev–Trinajstić information content (AvgIpc) is 2.52. The fourth-order valence-corrected chi connectivity index (χ4v) is 2.21. The molecule has 142 valence electrons. The molecule has 0 unspecified atom stereocenters. The molecule has 0 aliphatic carbocycles. The summed E-state index contributed by atoms with van der Waals surface area (Å²) in [4.78, 5) is 0. The summed E-state index contributed by atoms with van der Waals surface area (Å²) in [6.07, 6.45) is -9.72. The third-order valence-electron chi connectivity index (χ3n) is 3.24. The van der Waals surface area contributed by atoms with E-state index in [0.29, 0.717) is 5.56 Å². The van der Waals surface area contributed by atoms with Gasteiger partial charge >= 0.3 is 12.7 Å². The van der Waals surface area contributed by atoms with E-state index >= 15 is 0 Å². The SMILES string of the molecule is COc1ccc(OC(F)(F)F)cc1[C@@H](N)c1ccc(OC(F)(F)F)cc1. The molecule has 0 aromatic heterocycles. The Labute approximate surface area is 144 Å². The molecular weight excluding hydrogens is 368 g/mol. The third kappa shape index (κ3) is 5.45. The van der Waals surface area contributed by atoms with Crippen molar-refractivity contribution in [3.05, 3.63) is 53.6 Å². The predicted molar refractivity (Wildman–Crippen MR) is 78.8 cm³/mol. The number of alkyl halides is 6. The number of nitrogens with two attached hydrogens (primary N) is 1. The van der Waals surface area contributed by atoms with Gasteiger partial charge in [0.15, 0.2) is 0 Å². The third-order valence-corrected chi connectivity index (χ3v) is 3.24. The van der Waals surface area contributed by atoms with Gasteiger partial charge in [-0.1, -0.05) is 12.1 Å². The Morgan fingerprint density at radius 1 is 0.808 bits per heavy atom. The van der Waals surface area contributed by atoms with E-state index < -0.39 is 30.3 Å². The van der Waals surface area contributed by atoms with Crippen molar-refractivity contribution in [3.63, 3.8) is 0 Å². The van der Waals surface area contributed by atoms with Crippen molar-refractivity contribution in [2.45, 2.75) is 18.8 Å². The first-order valence-electron chi connectivity index (χ1n) is 7.03. The van der Waals surface area contributed by atoms with E-state index in [-0.39, 0.29) is 11.3 Å². The summed E-state index contributed by atoms with van der Waals surface area (Å²) < 4.78 is 86.3. The molecule has 0 saturated carbocycles. The molecule has 0 heterocycles. The first kappa shape index (κ1) is 19.7. The van der Waals surface area contributed by atoms with Crippen molar-refractivity contribution in [2.75, 3.05) is 7.11 Å². The number of ether oxygens (including phenoxy) is 3. The van der Waals surface area contributed by atoms with Crippen molar-refractivity contribution in [2.24, 2.45) is 5.73 Å². The van der Waals surface area contributed by atoms with Crippen LogP contribution < -0.4 is 19.9 Å². The summed E-state index contributed by atoms with van der Waals surface area (Å²) in [7, 11) is 1.30. The van der Waals surface area contributed by atoms with Crippen LogP contribution in [-0.4, -0.2) is 19.8 Å². The smallest absolute Gasteiger partial charge is 0.496 e. The molecule has 0 aliphatic rings. The van der Waals surface area contributed by atoms with E-state index in [2.05, 4.69) is 9.47 Å². The highest BCUT2D eigenvalue weighted by Crippen LogP contribution is 2.34. The van der Waals surface area contributed by atoms with Crippen LogP contribution in [0, 0.1) is 0 Å². The highest BCUT2D eigenvalue weighted by atomic mass is 19.4. The van der Waals surface area contributed by atoms with Gasteiger partial charge in [0.2, 0.25) is 0 Å².